The van der Waals surface area contributed by atoms with Crippen molar-refractivity contribution in [1.82, 2.24) is 9.78 Å². The molecule has 0 spiro atoms. The fourth-order valence-corrected chi connectivity index (χ4v) is 5.60. The normalized spacial score (nSPS) is 19.7. The first-order chi connectivity index (χ1) is 20.1. The Labute approximate surface area is 251 Å². The van der Waals surface area contributed by atoms with Crippen molar-refractivity contribution in [3.63, 3.8) is 0 Å². The number of imide groups is 1. The van der Waals surface area contributed by atoms with Crippen molar-refractivity contribution in [3.8, 4) is 5.75 Å². The molecule has 0 bridgehead atoms. The Morgan fingerprint density at radius 3 is 2.40 bits per heavy atom. The van der Waals surface area contributed by atoms with Crippen molar-refractivity contribution in [3.05, 3.63) is 110 Å². The Kier molecular flexibility index (Phi) is 7.01. The van der Waals surface area contributed by atoms with Gasteiger partial charge in [0.2, 0.25) is 5.91 Å². The zero-order chi connectivity index (χ0) is 29.7. The molecular formula is C28H19BrClN5O7. The Morgan fingerprint density at radius 1 is 1.05 bits per heavy atom. The molecule has 2 saturated heterocycles. The monoisotopic (exact) mass is 651 g/mol. The smallest absolute Gasteiger partial charge is 0.363 e. The molecule has 0 aliphatic carbocycles. The molecule has 0 radical (unpaired) electrons. The number of carbonyl (C=O) groups excluding carboxylic acids is 3. The van der Waals surface area contributed by atoms with Crippen LogP contribution in [0.15, 0.2) is 83.5 Å². The van der Waals surface area contributed by atoms with Crippen LogP contribution in [0.25, 0.3) is 0 Å². The minimum atomic E-state index is -1.17. The third kappa shape index (κ3) is 4.70. The number of anilines is 2. The van der Waals surface area contributed by atoms with Crippen molar-refractivity contribution in [2.45, 2.75) is 12.1 Å². The van der Waals surface area contributed by atoms with Gasteiger partial charge in [-0.25, -0.2) is 14.8 Å². The minimum Gasteiger partial charge on any atom is -0.422 e. The summed E-state index contributed by atoms with van der Waals surface area (Å²) in [5, 5.41) is 16.9. The van der Waals surface area contributed by atoms with Crippen LogP contribution >= 0.6 is 27.5 Å². The number of non-ortho nitro benzene ring substituents is 1. The number of amides is 2. The molecule has 2 aliphatic heterocycles. The number of nitro benzene ring substituents is 1. The molecule has 42 heavy (non-hydrogen) atoms. The maximum Gasteiger partial charge on any atom is 0.363 e. The van der Waals surface area contributed by atoms with Crippen molar-refractivity contribution < 1.29 is 28.9 Å². The van der Waals surface area contributed by atoms with Gasteiger partial charge in [0.1, 0.15) is 11.7 Å². The Balaban J connectivity index is 1.36. The van der Waals surface area contributed by atoms with Gasteiger partial charge >= 0.3 is 5.97 Å². The molecular weight excluding hydrogens is 634 g/mol. The number of halogens is 2. The largest absolute Gasteiger partial charge is 0.422 e. The van der Waals surface area contributed by atoms with Gasteiger partial charge in [-0.2, -0.15) is 5.10 Å². The number of nitro groups is 1. The lowest BCUT2D eigenvalue weighted by atomic mass is 9.90. The zero-order valence-electron chi connectivity index (χ0n) is 21.6. The molecule has 0 N–H and O–H groups in total. The highest BCUT2D eigenvalue weighted by atomic mass is 79.9. The maximum absolute atomic E-state index is 13.8. The van der Waals surface area contributed by atoms with E-state index in [4.69, 9.17) is 21.2 Å². The van der Waals surface area contributed by atoms with Crippen LogP contribution in [0.5, 0.6) is 5.75 Å². The molecule has 1 aromatic heterocycles. The third-order valence-electron chi connectivity index (χ3n) is 7.01. The standard InChI is InChI=1S/C28H19BrClN5O7/c1-32-24(21(30)14-31-32)28(38)41-20-11-5-15(6-12-20)23-22-25(42-34(23)18-3-2-4-19(13-18)35(39)40)27(37)33(26(22)36)17-9-7-16(29)8-10-17/h2-14,22-23,25H,1H3. The van der Waals surface area contributed by atoms with Gasteiger partial charge in [-0.15, -0.1) is 0 Å². The number of nitrogens with zero attached hydrogens (tertiary/aromatic N) is 5. The SMILES string of the molecule is Cn1ncc(Cl)c1C(=O)Oc1ccc(C2C3C(=O)N(c4ccc(Br)cc4)C(=O)C3ON2c2cccc([N+](=O)[O-])c2)cc1. The van der Waals surface area contributed by atoms with Crippen LogP contribution in [-0.4, -0.2) is 38.6 Å². The van der Waals surface area contributed by atoms with E-state index in [0.717, 1.165) is 9.37 Å². The number of hydroxylamine groups is 1. The number of esters is 1. The number of carbonyl (C=O) groups is 3. The van der Waals surface area contributed by atoms with Crippen LogP contribution in [-0.2, 0) is 21.5 Å². The molecule has 3 heterocycles. The van der Waals surface area contributed by atoms with Gasteiger partial charge in [0, 0.05) is 23.7 Å². The summed E-state index contributed by atoms with van der Waals surface area (Å²) in [5.74, 6) is -2.52. The summed E-state index contributed by atoms with van der Waals surface area (Å²) in [6.07, 6.45) is 0.160. The first-order valence-corrected chi connectivity index (χ1v) is 13.6. The number of fused-ring (bicyclic) bond motifs is 1. The van der Waals surface area contributed by atoms with Crippen molar-refractivity contribution in [2.75, 3.05) is 9.96 Å². The highest BCUT2D eigenvalue weighted by molar-refractivity contribution is 9.10. The first-order valence-electron chi connectivity index (χ1n) is 12.5. The summed E-state index contributed by atoms with van der Waals surface area (Å²) in [7, 11) is 1.56. The van der Waals surface area contributed by atoms with Crippen LogP contribution in [0, 0.1) is 16.0 Å². The van der Waals surface area contributed by atoms with Crippen molar-refractivity contribution in [2.24, 2.45) is 13.0 Å². The lowest BCUT2D eigenvalue weighted by Gasteiger charge is -2.28. The summed E-state index contributed by atoms with van der Waals surface area (Å²) in [4.78, 5) is 58.1. The third-order valence-corrected chi connectivity index (χ3v) is 7.82. The van der Waals surface area contributed by atoms with E-state index in [2.05, 4.69) is 21.0 Å². The van der Waals surface area contributed by atoms with Gasteiger partial charge in [0.15, 0.2) is 11.8 Å². The lowest BCUT2D eigenvalue weighted by Crippen LogP contribution is -2.37. The second kappa shape index (κ2) is 10.7. The fraction of sp³-hybridized carbons (Fsp3) is 0.143. The summed E-state index contributed by atoms with van der Waals surface area (Å²) >= 11 is 9.40. The second-order valence-corrected chi connectivity index (χ2v) is 10.8. The number of aryl methyl sites for hydroxylation is 1. The van der Waals surface area contributed by atoms with Crippen LogP contribution in [0.4, 0.5) is 17.1 Å². The Bertz CT molecular complexity index is 1720. The molecule has 2 aliphatic rings. The van der Waals surface area contributed by atoms with Crippen LogP contribution in [0.1, 0.15) is 22.1 Å². The number of benzene rings is 3. The average Bonchev–Trinajstić information content (AvgIpc) is 3.61. The average molecular weight is 653 g/mol. The van der Waals surface area contributed by atoms with Gasteiger partial charge in [0.05, 0.1) is 33.6 Å². The van der Waals surface area contributed by atoms with Crippen molar-refractivity contribution in [1.29, 1.82) is 0 Å². The highest BCUT2D eigenvalue weighted by Gasteiger charge is 2.60. The molecule has 3 unspecified atom stereocenters. The minimum absolute atomic E-state index is 0.0766. The van der Waals surface area contributed by atoms with Gasteiger partial charge in [-0.05, 0) is 48.0 Å². The molecule has 3 atom stereocenters. The van der Waals surface area contributed by atoms with Crippen LogP contribution in [0.2, 0.25) is 5.02 Å². The summed E-state index contributed by atoms with van der Waals surface area (Å²) in [6, 6.07) is 17.9. The molecule has 4 aromatic rings. The molecule has 12 nitrogen and oxygen atoms in total. The van der Waals surface area contributed by atoms with E-state index in [1.54, 1.807) is 49.5 Å². The lowest BCUT2D eigenvalue weighted by molar-refractivity contribution is -0.384. The highest BCUT2D eigenvalue weighted by Crippen LogP contribution is 2.48. The summed E-state index contributed by atoms with van der Waals surface area (Å²) in [6.45, 7) is 0. The van der Waals surface area contributed by atoms with Gasteiger partial charge in [-0.3, -0.25) is 29.2 Å². The van der Waals surface area contributed by atoms with E-state index in [9.17, 15) is 24.5 Å². The van der Waals surface area contributed by atoms with E-state index in [-0.39, 0.29) is 22.2 Å². The number of hydrogen-bond donors (Lipinski definition) is 0. The fourth-order valence-electron chi connectivity index (χ4n) is 5.09. The Hall–Kier alpha value is -4.59. The number of rotatable bonds is 6. The number of ether oxygens (including phenoxy) is 1. The van der Waals surface area contributed by atoms with Gasteiger partial charge in [0.25, 0.3) is 11.6 Å². The molecule has 3 aromatic carbocycles. The van der Waals surface area contributed by atoms with E-state index >= 15 is 0 Å². The van der Waals surface area contributed by atoms with Crippen LogP contribution < -0.4 is 14.7 Å². The topological polar surface area (TPSA) is 137 Å². The molecule has 14 heteroatoms. The molecule has 2 amide bonds. The first kappa shape index (κ1) is 27.6. The molecule has 212 valence electrons. The predicted octanol–water partition coefficient (Wildman–Crippen LogP) is 5.01. The van der Waals surface area contributed by atoms with Crippen LogP contribution in [0.3, 0.4) is 0 Å². The number of hydrogen-bond acceptors (Lipinski definition) is 9. The molecule has 0 saturated carbocycles. The van der Waals surface area contributed by atoms with E-state index in [1.807, 2.05) is 0 Å². The van der Waals surface area contributed by atoms with Crippen molar-refractivity contribution >= 4 is 62.4 Å². The van der Waals surface area contributed by atoms with E-state index in [1.165, 1.54) is 46.3 Å². The summed E-state index contributed by atoms with van der Waals surface area (Å²) < 4.78 is 7.54. The van der Waals surface area contributed by atoms with E-state index in [0.29, 0.717) is 16.9 Å². The van der Waals surface area contributed by atoms with Gasteiger partial charge < -0.3 is 4.74 Å². The molecule has 2 fully saturated rings. The summed E-state index contributed by atoms with van der Waals surface area (Å²) in [5.41, 5.74) is 1.12. The maximum atomic E-state index is 13.8. The molecule has 6 rings (SSSR count). The predicted molar refractivity (Wildman–Crippen MR) is 153 cm³/mol. The quantitative estimate of drug-likeness (QED) is 0.0925. The number of aromatic nitrogens is 2. The second-order valence-electron chi connectivity index (χ2n) is 9.51. The Morgan fingerprint density at radius 2 is 1.76 bits per heavy atom. The zero-order valence-corrected chi connectivity index (χ0v) is 23.9. The van der Waals surface area contributed by atoms with E-state index < -0.39 is 40.8 Å². The van der Waals surface area contributed by atoms with Gasteiger partial charge in [-0.1, -0.05) is 45.7 Å².